The Balaban J connectivity index is 1.33. The van der Waals surface area contributed by atoms with Crippen LogP contribution in [0.1, 0.15) is 25.7 Å². The molecule has 29 heavy (non-hydrogen) atoms. The van der Waals surface area contributed by atoms with Crippen LogP contribution in [-0.2, 0) is 4.79 Å². The van der Waals surface area contributed by atoms with Crippen LogP contribution < -0.4 is 10.2 Å². The van der Waals surface area contributed by atoms with Crippen molar-refractivity contribution in [1.82, 2.24) is 20.4 Å². The maximum atomic E-state index is 12.3. The molecule has 5 rings (SSSR count). The number of carbonyl (C=O) groups is 1. The molecular weight excluding hydrogens is 366 g/mol. The lowest BCUT2D eigenvalue weighted by Gasteiger charge is -2.32. The van der Waals surface area contributed by atoms with Crippen molar-refractivity contribution < 1.29 is 9.32 Å². The monoisotopic (exact) mass is 389 g/mol. The molecule has 3 aromatic rings. The van der Waals surface area contributed by atoms with E-state index in [9.17, 15) is 4.79 Å². The lowest BCUT2D eigenvalue weighted by Crippen LogP contribution is -2.41. The fraction of sp³-hybridized carbons (Fsp3) is 0.364. The number of hydrogen-bond donors (Lipinski definition) is 1. The van der Waals surface area contributed by atoms with Crippen molar-refractivity contribution >= 4 is 11.7 Å². The van der Waals surface area contributed by atoms with E-state index in [1.54, 1.807) is 6.20 Å². The van der Waals surface area contributed by atoms with Crippen LogP contribution in [0.25, 0.3) is 22.8 Å². The molecule has 1 saturated heterocycles. The normalized spacial score (nSPS) is 17.3. The molecule has 7 heteroatoms. The molecule has 148 valence electrons. The van der Waals surface area contributed by atoms with Gasteiger partial charge in [-0.3, -0.25) is 4.79 Å². The van der Waals surface area contributed by atoms with Gasteiger partial charge in [-0.2, -0.15) is 4.98 Å². The van der Waals surface area contributed by atoms with Crippen molar-refractivity contribution in [2.24, 2.45) is 5.92 Å². The third-order valence-corrected chi connectivity index (χ3v) is 5.56. The first-order valence-electron chi connectivity index (χ1n) is 10.2. The van der Waals surface area contributed by atoms with Crippen LogP contribution in [-0.4, -0.2) is 40.2 Å². The van der Waals surface area contributed by atoms with Gasteiger partial charge in [0.1, 0.15) is 5.82 Å². The van der Waals surface area contributed by atoms with Gasteiger partial charge in [-0.1, -0.05) is 35.5 Å². The standard InChI is InChI=1S/C22H23N5O2/c28-21(24-17-8-9-17)16-10-13-27(14-11-16)20-18(7-4-12-23-20)22-25-19(26-29-22)15-5-2-1-3-6-15/h1-7,12,16-17H,8-11,13-14H2,(H,24,28). The average molecular weight is 389 g/mol. The van der Waals surface area contributed by atoms with Gasteiger partial charge in [-0.25, -0.2) is 4.98 Å². The van der Waals surface area contributed by atoms with Crippen LogP contribution in [0.3, 0.4) is 0 Å². The quantitative estimate of drug-likeness (QED) is 0.721. The molecule has 0 radical (unpaired) electrons. The first kappa shape index (κ1) is 17.8. The van der Waals surface area contributed by atoms with Crippen LogP contribution >= 0.6 is 0 Å². The molecule has 2 aliphatic rings. The van der Waals surface area contributed by atoms with E-state index in [0.29, 0.717) is 17.8 Å². The predicted octanol–water partition coefficient (Wildman–Crippen LogP) is 3.29. The Hall–Kier alpha value is -3.22. The van der Waals surface area contributed by atoms with E-state index in [2.05, 4.69) is 25.3 Å². The third-order valence-electron chi connectivity index (χ3n) is 5.56. The lowest BCUT2D eigenvalue weighted by molar-refractivity contribution is -0.125. The largest absolute Gasteiger partial charge is 0.356 e. The van der Waals surface area contributed by atoms with Crippen LogP contribution in [0.15, 0.2) is 53.2 Å². The minimum Gasteiger partial charge on any atom is -0.356 e. The summed E-state index contributed by atoms with van der Waals surface area (Å²) in [5.74, 6) is 2.15. The Morgan fingerprint density at radius 2 is 1.83 bits per heavy atom. The van der Waals surface area contributed by atoms with Gasteiger partial charge in [0, 0.05) is 36.8 Å². The highest BCUT2D eigenvalue weighted by molar-refractivity contribution is 5.80. The molecule has 1 aliphatic heterocycles. The summed E-state index contributed by atoms with van der Waals surface area (Å²) in [4.78, 5) is 23.7. The lowest BCUT2D eigenvalue weighted by atomic mass is 9.95. The smallest absolute Gasteiger partial charge is 0.261 e. The van der Waals surface area contributed by atoms with Gasteiger partial charge in [0.2, 0.25) is 11.7 Å². The van der Waals surface area contributed by atoms with Gasteiger partial charge in [0.05, 0.1) is 5.56 Å². The number of benzene rings is 1. The first-order valence-corrected chi connectivity index (χ1v) is 10.2. The van der Waals surface area contributed by atoms with Crippen molar-refractivity contribution in [3.05, 3.63) is 48.7 Å². The summed E-state index contributed by atoms with van der Waals surface area (Å²) in [5.41, 5.74) is 1.73. The molecule has 3 heterocycles. The van der Waals surface area contributed by atoms with E-state index < -0.39 is 0 Å². The molecule has 2 fully saturated rings. The Morgan fingerprint density at radius 1 is 1.03 bits per heavy atom. The molecule has 0 unspecified atom stereocenters. The highest BCUT2D eigenvalue weighted by Crippen LogP contribution is 2.32. The molecule has 1 amide bonds. The molecule has 1 N–H and O–H groups in total. The van der Waals surface area contributed by atoms with Crippen molar-refractivity contribution in [3.63, 3.8) is 0 Å². The van der Waals surface area contributed by atoms with E-state index in [1.165, 1.54) is 0 Å². The van der Waals surface area contributed by atoms with E-state index in [0.717, 1.165) is 55.7 Å². The maximum absolute atomic E-state index is 12.3. The van der Waals surface area contributed by atoms with Crippen LogP contribution in [0, 0.1) is 5.92 Å². The second-order valence-electron chi connectivity index (χ2n) is 7.71. The third kappa shape index (κ3) is 3.85. The zero-order chi connectivity index (χ0) is 19.6. The minimum atomic E-state index is 0.0899. The summed E-state index contributed by atoms with van der Waals surface area (Å²) in [6.45, 7) is 1.57. The fourth-order valence-corrected chi connectivity index (χ4v) is 3.75. The maximum Gasteiger partial charge on any atom is 0.261 e. The molecule has 0 atom stereocenters. The summed E-state index contributed by atoms with van der Waals surface area (Å²) >= 11 is 0. The fourth-order valence-electron chi connectivity index (χ4n) is 3.75. The van der Waals surface area contributed by atoms with Crippen molar-refractivity contribution in [2.75, 3.05) is 18.0 Å². The molecular formula is C22H23N5O2. The number of rotatable bonds is 5. The highest BCUT2D eigenvalue weighted by Gasteiger charge is 2.31. The zero-order valence-corrected chi connectivity index (χ0v) is 16.1. The van der Waals surface area contributed by atoms with E-state index in [-0.39, 0.29) is 11.8 Å². The Labute approximate surface area is 169 Å². The van der Waals surface area contributed by atoms with Crippen molar-refractivity contribution in [1.29, 1.82) is 0 Å². The molecule has 1 saturated carbocycles. The van der Waals surface area contributed by atoms with Gasteiger partial charge in [-0.05, 0) is 37.8 Å². The number of aromatic nitrogens is 3. The number of anilines is 1. The second-order valence-corrected chi connectivity index (χ2v) is 7.71. The molecule has 2 aromatic heterocycles. The first-order chi connectivity index (χ1) is 14.3. The Bertz CT molecular complexity index is 991. The van der Waals surface area contributed by atoms with Gasteiger partial charge >= 0.3 is 0 Å². The highest BCUT2D eigenvalue weighted by atomic mass is 16.5. The van der Waals surface area contributed by atoms with Gasteiger partial charge in [0.25, 0.3) is 5.89 Å². The molecule has 0 spiro atoms. The summed E-state index contributed by atoms with van der Waals surface area (Å²) < 4.78 is 5.55. The van der Waals surface area contributed by atoms with Crippen LogP contribution in [0.5, 0.6) is 0 Å². The van der Waals surface area contributed by atoms with Gasteiger partial charge in [0.15, 0.2) is 0 Å². The second kappa shape index (κ2) is 7.66. The van der Waals surface area contributed by atoms with Crippen molar-refractivity contribution in [2.45, 2.75) is 31.7 Å². The summed E-state index contributed by atoms with van der Waals surface area (Å²) in [5, 5.41) is 7.26. The number of piperidine rings is 1. The van der Waals surface area contributed by atoms with E-state index >= 15 is 0 Å². The topological polar surface area (TPSA) is 84.2 Å². The number of pyridine rings is 1. The van der Waals surface area contributed by atoms with Gasteiger partial charge in [-0.15, -0.1) is 0 Å². The average Bonchev–Trinajstić information content (AvgIpc) is 3.46. The van der Waals surface area contributed by atoms with Crippen molar-refractivity contribution in [3.8, 4) is 22.8 Å². The van der Waals surface area contributed by atoms with Crippen LogP contribution in [0.4, 0.5) is 5.82 Å². The SMILES string of the molecule is O=C(NC1CC1)C1CCN(c2ncccc2-c2nc(-c3ccccc3)no2)CC1. The molecule has 1 aromatic carbocycles. The summed E-state index contributed by atoms with van der Waals surface area (Å²) in [7, 11) is 0. The van der Waals surface area contributed by atoms with Gasteiger partial charge < -0.3 is 14.7 Å². The summed E-state index contributed by atoms with van der Waals surface area (Å²) in [6.07, 6.45) is 5.68. The Kier molecular flexibility index (Phi) is 4.71. The Morgan fingerprint density at radius 3 is 2.59 bits per heavy atom. The molecule has 1 aliphatic carbocycles. The van der Waals surface area contributed by atoms with E-state index in [1.807, 2.05) is 42.5 Å². The number of carbonyl (C=O) groups excluding carboxylic acids is 1. The molecule has 7 nitrogen and oxygen atoms in total. The van der Waals surface area contributed by atoms with Crippen LogP contribution in [0.2, 0.25) is 0 Å². The molecule has 0 bridgehead atoms. The number of amides is 1. The summed E-state index contributed by atoms with van der Waals surface area (Å²) in [6, 6.07) is 14.0. The number of nitrogens with one attached hydrogen (secondary N) is 1. The number of hydrogen-bond acceptors (Lipinski definition) is 6. The zero-order valence-electron chi connectivity index (χ0n) is 16.1. The minimum absolute atomic E-state index is 0.0899. The number of nitrogens with zero attached hydrogens (tertiary/aromatic N) is 4. The van der Waals surface area contributed by atoms with E-state index in [4.69, 9.17) is 4.52 Å². The predicted molar refractivity (Wildman–Crippen MR) is 109 cm³/mol.